The predicted octanol–water partition coefficient (Wildman–Crippen LogP) is -6.08. The highest BCUT2D eigenvalue weighted by Crippen LogP contribution is 2.05. The minimum atomic E-state index is -4.57. The van der Waals surface area contributed by atoms with E-state index in [0.29, 0.717) is 13.0 Å². The summed E-state index contributed by atoms with van der Waals surface area (Å²) in [6.45, 7) is 2.14. The topological polar surface area (TPSA) is 162 Å². The highest BCUT2D eigenvalue weighted by Gasteiger charge is 2.31. The molecule has 0 radical (unpaired) electrons. The molecule has 0 unspecified atom stereocenters. The molecule has 116 valence electrons. The van der Waals surface area contributed by atoms with Crippen molar-refractivity contribution in [2.24, 2.45) is 0 Å². The summed E-state index contributed by atoms with van der Waals surface area (Å²) in [5.74, 6) is 0. The van der Waals surface area contributed by atoms with E-state index in [-0.39, 0.29) is 25.1 Å². The standard InChI is InChI=1S/C6H17N3O7SSi.ClH/c1-2-16-18(14,15)5-3-4-7-8-6(10)9-17(11,12)13;/h7,14-15H,2-5H2,1H3,(H2,8,9,10)(H,11,12,13);1H. The van der Waals surface area contributed by atoms with Gasteiger partial charge in [-0.25, -0.2) is 14.9 Å². The van der Waals surface area contributed by atoms with Crippen molar-refractivity contribution < 1.29 is 49.6 Å². The molecule has 0 aromatic heterocycles. The number of nitrogens with one attached hydrogen (secondary N) is 2. The molecule has 0 rings (SSSR count). The third-order valence-electron chi connectivity index (χ3n) is 1.68. The van der Waals surface area contributed by atoms with Gasteiger partial charge in [-0.05, 0) is 6.92 Å². The molecule has 0 bridgehead atoms. The number of carbonyl (C=O) groups excluding carboxylic acids is 1. The van der Waals surface area contributed by atoms with Gasteiger partial charge in [0.25, 0.3) is 0 Å². The molecule has 10 nitrogen and oxygen atoms in total. The van der Waals surface area contributed by atoms with E-state index in [1.54, 1.807) is 6.92 Å². The summed E-state index contributed by atoms with van der Waals surface area (Å²) in [7, 11) is -8.17. The zero-order chi connectivity index (χ0) is 14.2. The highest BCUT2D eigenvalue weighted by atomic mass is 35.5. The summed E-state index contributed by atoms with van der Waals surface area (Å²) in [4.78, 5) is 29.5. The van der Waals surface area contributed by atoms with E-state index in [2.05, 4.69) is 5.43 Å². The van der Waals surface area contributed by atoms with E-state index >= 15 is 0 Å². The van der Waals surface area contributed by atoms with Crippen LogP contribution >= 0.6 is 0 Å². The van der Waals surface area contributed by atoms with Crippen LogP contribution in [-0.4, -0.2) is 50.5 Å². The molecule has 0 aliphatic carbocycles. The van der Waals surface area contributed by atoms with Gasteiger partial charge in [0.2, 0.25) is 0 Å². The Morgan fingerprint density at radius 3 is 2.47 bits per heavy atom. The summed E-state index contributed by atoms with van der Waals surface area (Å²) in [6, 6.07) is -1.03. The van der Waals surface area contributed by atoms with Crippen molar-refractivity contribution in [2.75, 3.05) is 13.2 Å². The Labute approximate surface area is 118 Å². The SMILES string of the molecule is CCO[Si](O)(O)CCC[NH2+]NC(=O)NS(=O)(=O)O.[Cl-]. The van der Waals surface area contributed by atoms with E-state index in [4.69, 9.17) is 8.98 Å². The number of quaternary nitrogens is 1. The first-order valence-corrected chi connectivity index (χ1v) is 8.57. The van der Waals surface area contributed by atoms with Crippen molar-refractivity contribution in [1.82, 2.24) is 10.1 Å². The molecule has 0 aliphatic heterocycles. The van der Waals surface area contributed by atoms with Gasteiger partial charge in [-0.15, -0.1) is 0 Å². The summed E-state index contributed by atoms with van der Waals surface area (Å²) in [5.41, 5.74) is 3.29. The van der Waals surface area contributed by atoms with Crippen LogP contribution in [-0.2, 0) is 14.7 Å². The second-order valence-electron chi connectivity index (χ2n) is 3.32. The largest absolute Gasteiger partial charge is 1.00 e. The Morgan fingerprint density at radius 2 is 2.00 bits per heavy atom. The maximum Gasteiger partial charge on any atom is 0.495 e. The minimum absolute atomic E-state index is 0. The van der Waals surface area contributed by atoms with Crippen LogP contribution in [0.5, 0.6) is 0 Å². The van der Waals surface area contributed by atoms with Crippen LogP contribution < -0.4 is 28.0 Å². The average Bonchev–Trinajstić information content (AvgIpc) is 2.13. The summed E-state index contributed by atoms with van der Waals surface area (Å²) < 4.78 is 34.7. The molecule has 0 aromatic carbocycles. The van der Waals surface area contributed by atoms with Crippen LogP contribution in [0, 0.1) is 0 Å². The van der Waals surface area contributed by atoms with E-state index in [1.807, 2.05) is 0 Å². The summed E-state index contributed by atoms with van der Waals surface area (Å²) >= 11 is 0. The number of carbonyl (C=O) groups is 1. The Balaban J connectivity index is 0. The normalized spacial score (nSPS) is 11.6. The Bertz CT molecular complexity index is 366. The van der Waals surface area contributed by atoms with Crippen LogP contribution in [0.2, 0.25) is 6.04 Å². The van der Waals surface area contributed by atoms with Gasteiger partial charge in [0.05, 0.1) is 6.54 Å². The monoisotopic (exact) mass is 339 g/mol. The van der Waals surface area contributed by atoms with Gasteiger partial charge in [0, 0.05) is 19.1 Å². The van der Waals surface area contributed by atoms with Crippen LogP contribution in [0.4, 0.5) is 4.79 Å². The molecule has 13 heteroatoms. The molecule has 19 heavy (non-hydrogen) atoms. The fourth-order valence-corrected chi connectivity index (χ4v) is 2.61. The number of nitrogens with two attached hydrogens (primary N) is 1. The predicted molar refractivity (Wildman–Crippen MR) is 61.3 cm³/mol. The van der Waals surface area contributed by atoms with Gasteiger partial charge < -0.3 is 26.4 Å². The zero-order valence-corrected chi connectivity index (χ0v) is 12.7. The van der Waals surface area contributed by atoms with E-state index in [9.17, 15) is 22.8 Å². The van der Waals surface area contributed by atoms with E-state index in [0.717, 1.165) is 0 Å². The lowest BCUT2D eigenvalue weighted by molar-refractivity contribution is -0.697. The van der Waals surface area contributed by atoms with Gasteiger partial charge in [-0.1, -0.05) is 0 Å². The van der Waals surface area contributed by atoms with Gasteiger partial charge in [0.1, 0.15) is 0 Å². The van der Waals surface area contributed by atoms with E-state index in [1.165, 1.54) is 10.1 Å². The maximum absolute atomic E-state index is 10.8. The molecule has 2 amide bonds. The molecule has 7 N–H and O–H groups in total. The lowest BCUT2D eigenvalue weighted by Gasteiger charge is -2.15. The Morgan fingerprint density at radius 1 is 1.42 bits per heavy atom. The Hall–Kier alpha value is -0.473. The number of urea groups is 1. The fraction of sp³-hybridized carbons (Fsp3) is 0.833. The fourth-order valence-electron chi connectivity index (χ4n) is 1.05. The third kappa shape index (κ3) is 13.8. The lowest BCUT2D eigenvalue weighted by atomic mass is 10.5. The number of hydrogen-bond donors (Lipinski definition) is 6. The first-order valence-electron chi connectivity index (χ1n) is 5.12. The molecule has 0 aliphatic rings. The summed E-state index contributed by atoms with van der Waals surface area (Å²) in [6.07, 6.45) is 0.353. The average molecular weight is 340 g/mol. The van der Waals surface area contributed by atoms with Crippen LogP contribution in [0.3, 0.4) is 0 Å². The van der Waals surface area contributed by atoms with Gasteiger partial charge in [-0.3, -0.25) is 4.55 Å². The van der Waals surface area contributed by atoms with Crippen LogP contribution in [0.15, 0.2) is 0 Å². The van der Waals surface area contributed by atoms with Crippen molar-refractivity contribution in [2.45, 2.75) is 19.4 Å². The highest BCUT2D eigenvalue weighted by molar-refractivity contribution is 7.84. The van der Waals surface area contributed by atoms with Gasteiger partial charge in [0.15, 0.2) is 0 Å². The second-order valence-corrected chi connectivity index (χ2v) is 6.75. The molecule has 0 spiro atoms. The molecular weight excluding hydrogens is 322 g/mol. The smallest absolute Gasteiger partial charge is 0.495 e. The molecule has 0 saturated carbocycles. The van der Waals surface area contributed by atoms with E-state index < -0.39 is 25.1 Å². The lowest BCUT2D eigenvalue weighted by Crippen LogP contribution is -3.00. The Kier molecular flexibility index (Phi) is 10.3. The van der Waals surface area contributed by atoms with Crippen molar-refractivity contribution in [3.63, 3.8) is 0 Å². The molecule has 0 aromatic rings. The molecule has 0 atom stereocenters. The van der Waals surface area contributed by atoms with Crippen molar-refractivity contribution in [1.29, 1.82) is 0 Å². The van der Waals surface area contributed by atoms with Crippen LogP contribution in [0.1, 0.15) is 13.3 Å². The van der Waals surface area contributed by atoms with Gasteiger partial charge >= 0.3 is 25.1 Å². The molecule has 0 heterocycles. The number of halogens is 1. The minimum Gasteiger partial charge on any atom is -1.00 e. The second kappa shape index (κ2) is 9.43. The molecule has 0 saturated heterocycles. The van der Waals surface area contributed by atoms with Crippen molar-refractivity contribution >= 4 is 25.1 Å². The first kappa shape index (κ1) is 20.8. The summed E-state index contributed by atoms with van der Waals surface area (Å²) in [5, 5.41) is 0. The molecule has 0 fully saturated rings. The third-order valence-corrected chi connectivity index (χ3v) is 3.88. The van der Waals surface area contributed by atoms with Crippen molar-refractivity contribution in [3.8, 4) is 0 Å². The van der Waals surface area contributed by atoms with Crippen LogP contribution in [0.25, 0.3) is 0 Å². The van der Waals surface area contributed by atoms with Gasteiger partial charge in [-0.2, -0.15) is 13.8 Å². The number of amides is 2. The number of rotatable bonds is 8. The maximum atomic E-state index is 10.8. The van der Waals surface area contributed by atoms with Crippen molar-refractivity contribution in [3.05, 3.63) is 0 Å². The number of hydrogen-bond acceptors (Lipinski definition) is 6. The zero-order valence-electron chi connectivity index (χ0n) is 10.2. The first-order chi connectivity index (χ1) is 8.16. The quantitative estimate of drug-likeness (QED) is 0.0640. The molecular formula is C6H18ClN3O7SSi.